The summed E-state index contributed by atoms with van der Waals surface area (Å²) in [6, 6.07) is 2.36. The molecule has 0 bridgehead atoms. The second-order valence-electron chi connectivity index (χ2n) is 3.96. The minimum atomic E-state index is -1.02. The van der Waals surface area contributed by atoms with Gasteiger partial charge in [0.15, 0.2) is 0 Å². The van der Waals surface area contributed by atoms with Crippen molar-refractivity contribution in [1.82, 2.24) is 15.2 Å². The Morgan fingerprint density at radius 3 is 2.56 bits per heavy atom. The summed E-state index contributed by atoms with van der Waals surface area (Å²) in [5.41, 5.74) is 0.936. The zero-order chi connectivity index (χ0) is 13.5. The third-order valence-electron chi connectivity index (χ3n) is 2.52. The van der Waals surface area contributed by atoms with E-state index in [4.69, 9.17) is 5.11 Å². The number of pyridine rings is 1. The molecule has 1 aromatic rings. The molecule has 0 saturated heterocycles. The highest BCUT2D eigenvalue weighted by Crippen LogP contribution is 2.02. The number of aromatic nitrogens is 1. The van der Waals surface area contributed by atoms with E-state index in [1.807, 2.05) is 0 Å². The second kappa shape index (κ2) is 6.58. The Labute approximate surface area is 106 Å². The first kappa shape index (κ1) is 14.0. The lowest BCUT2D eigenvalue weighted by molar-refractivity contribution is -0.139. The summed E-state index contributed by atoms with van der Waals surface area (Å²) < 4.78 is 0. The van der Waals surface area contributed by atoms with Gasteiger partial charge in [0.1, 0.15) is 6.04 Å². The SMILES string of the molecule is CC[C@H](NC(=O)N(C)Cc1ccncc1)C(=O)O. The number of urea groups is 1. The normalized spacial score (nSPS) is 11.7. The van der Waals surface area contributed by atoms with Crippen molar-refractivity contribution in [3.05, 3.63) is 30.1 Å². The molecule has 1 atom stereocenters. The zero-order valence-corrected chi connectivity index (χ0v) is 10.5. The van der Waals surface area contributed by atoms with Crippen LogP contribution in [0.4, 0.5) is 4.79 Å². The van der Waals surface area contributed by atoms with Crippen LogP contribution in [0.15, 0.2) is 24.5 Å². The summed E-state index contributed by atoms with van der Waals surface area (Å²) in [6.07, 6.45) is 3.64. The van der Waals surface area contributed by atoms with Crippen molar-refractivity contribution in [1.29, 1.82) is 0 Å². The van der Waals surface area contributed by atoms with E-state index in [-0.39, 0.29) is 0 Å². The summed E-state index contributed by atoms with van der Waals surface area (Å²) in [7, 11) is 1.62. The third-order valence-corrected chi connectivity index (χ3v) is 2.52. The number of hydrogen-bond acceptors (Lipinski definition) is 3. The van der Waals surface area contributed by atoms with E-state index in [0.29, 0.717) is 13.0 Å². The number of carbonyl (C=O) groups is 2. The topological polar surface area (TPSA) is 82.5 Å². The van der Waals surface area contributed by atoms with Gasteiger partial charge in [0, 0.05) is 26.0 Å². The fraction of sp³-hybridized carbons (Fsp3) is 0.417. The summed E-state index contributed by atoms with van der Waals surface area (Å²) in [5.74, 6) is -1.02. The lowest BCUT2D eigenvalue weighted by Gasteiger charge is -2.20. The first-order valence-corrected chi connectivity index (χ1v) is 5.68. The first-order valence-electron chi connectivity index (χ1n) is 5.68. The monoisotopic (exact) mass is 251 g/mol. The Bertz CT molecular complexity index is 408. The number of aliphatic carboxylic acids is 1. The van der Waals surface area contributed by atoms with Crippen LogP contribution in [0.2, 0.25) is 0 Å². The highest BCUT2D eigenvalue weighted by Gasteiger charge is 2.19. The van der Waals surface area contributed by atoms with Crippen molar-refractivity contribution in [3.63, 3.8) is 0 Å². The van der Waals surface area contributed by atoms with Crippen LogP contribution >= 0.6 is 0 Å². The molecule has 0 aliphatic carbocycles. The molecule has 98 valence electrons. The Morgan fingerprint density at radius 2 is 2.06 bits per heavy atom. The van der Waals surface area contributed by atoms with E-state index in [2.05, 4.69) is 10.3 Å². The number of carbonyl (C=O) groups excluding carboxylic acids is 1. The van der Waals surface area contributed by atoms with Crippen molar-refractivity contribution in [2.45, 2.75) is 25.9 Å². The Morgan fingerprint density at radius 1 is 1.44 bits per heavy atom. The first-order chi connectivity index (χ1) is 8.54. The summed E-state index contributed by atoms with van der Waals surface area (Å²) in [5, 5.41) is 11.3. The van der Waals surface area contributed by atoms with Gasteiger partial charge < -0.3 is 15.3 Å². The molecule has 0 unspecified atom stereocenters. The van der Waals surface area contributed by atoms with Crippen molar-refractivity contribution in [2.24, 2.45) is 0 Å². The van der Waals surface area contributed by atoms with E-state index in [1.165, 1.54) is 4.90 Å². The molecule has 1 heterocycles. The molecule has 1 aromatic heterocycles. The van der Waals surface area contributed by atoms with Gasteiger partial charge in [-0.3, -0.25) is 4.98 Å². The van der Waals surface area contributed by atoms with E-state index in [9.17, 15) is 9.59 Å². The molecule has 18 heavy (non-hydrogen) atoms. The maximum atomic E-state index is 11.8. The van der Waals surface area contributed by atoms with E-state index in [1.54, 1.807) is 38.5 Å². The minimum Gasteiger partial charge on any atom is -0.480 e. The largest absolute Gasteiger partial charge is 0.480 e. The molecular formula is C12H17N3O3. The number of hydrogen-bond donors (Lipinski definition) is 2. The van der Waals surface area contributed by atoms with Gasteiger partial charge in [0.25, 0.3) is 0 Å². The number of nitrogens with one attached hydrogen (secondary N) is 1. The fourth-order valence-corrected chi connectivity index (χ4v) is 1.43. The van der Waals surface area contributed by atoms with Crippen LogP contribution in [0.3, 0.4) is 0 Å². The molecule has 0 aliphatic rings. The molecule has 2 N–H and O–H groups in total. The van der Waals surface area contributed by atoms with Crippen molar-refractivity contribution >= 4 is 12.0 Å². The van der Waals surface area contributed by atoms with Gasteiger partial charge in [-0.1, -0.05) is 6.92 Å². The van der Waals surface area contributed by atoms with Gasteiger partial charge in [-0.25, -0.2) is 9.59 Å². The molecule has 0 saturated carbocycles. The molecule has 0 aliphatic heterocycles. The number of rotatable bonds is 5. The average Bonchev–Trinajstić information content (AvgIpc) is 2.36. The maximum absolute atomic E-state index is 11.8. The number of carboxylic acids is 1. The van der Waals surface area contributed by atoms with Crippen molar-refractivity contribution in [3.8, 4) is 0 Å². The fourth-order valence-electron chi connectivity index (χ4n) is 1.43. The Hall–Kier alpha value is -2.11. The minimum absolute atomic E-state index is 0.351. The van der Waals surface area contributed by atoms with Gasteiger partial charge in [0.2, 0.25) is 0 Å². The number of nitrogens with zero attached hydrogens (tertiary/aromatic N) is 2. The molecular weight excluding hydrogens is 234 g/mol. The van der Waals surface area contributed by atoms with E-state index < -0.39 is 18.0 Å². The lowest BCUT2D eigenvalue weighted by atomic mass is 10.2. The Kier molecular flexibility index (Phi) is 5.10. The Balaban J connectivity index is 2.54. The predicted molar refractivity (Wildman–Crippen MR) is 66.0 cm³/mol. The summed E-state index contributed by atoms with van der Waals surface area (Å²) in [4.78, 5) is 27.9. The zero-order valence-electron chi connectivity index (χ0n) is 10.5. The van der Waals surface area contributed by atoms with Crippen LogP contribution in [0.25, 0.3) is 0 Å². The van der Waals surface area contributed by atoms with Gasteiger partial charge in [-0.05, 0) is 24.1 Å². The summed E-state index contributed by atoms with van der Waals surface area (Å²) >= 11 is 0. The standard InChI is InChI=1S/C12H17N3O3/c1-3-10(11(16)17)14-12(18)15(2)8-9-4-6-13-7-5-9/h4-7,10H,3,8H2,1-2H3,(H,14,18)(H,16,17)/t10-/m0/s1. The molecule has 0 radical (unpaired) electrons. The average molecular weight is 251 g/mol. The smallest absolute Gasteiger partial charge is 0.326 e. The van der Waals surface area contributed by atoms with Crippen molar-refractivity contribution in [2.75, 3.05) is 7.05 Å². The van der Waals surface area contributed by atoms with E-state index >= 15 is 0 Å². The van der Waals surface area contributed by atoms with Crippen molar-refractivity contribution < 1.29 is 14.7 Å². The van der Waals surface area contributed by atoms with Crippen LogP contribution in [0, 0.1) is 0 Å². The maximum Gasteiger partial charge on any atom is 0.326 e. The van der Waals surface area contributed by atoms with Crippen LogP contribution in [-0.2, 0) is 11.3 Å². The number of amides is 2. The molecule has 2 amide bonds. The molecule has 6 heteroatoms. The summed E-state index contributed by atoms with van der Waals surface area (Å²) in [6.45, 7) is 2.12. The number of carboxylic acid groups (broad SMARTS) is 1. The molecule has 0 spiro atoms. The van der Waals surface area contributed by atoms with Crippen LogP contribution in [-0.4, -0.2) is 40.1 Å². The van der Waals surface area contributed by atoms with Gasteiger partial charge in [-0.2, -0.15) is 0 Å². The highest BCUT2D eigenvalue weighted by atomic mass is 16.4. The molecule has 0 aromatic carbocycles. The van der Waals surface area contributed by atoms with Gasteiger partial charge in [0.05, 0.1) is 0 Å². The second-order valence-corrected chi connectivity index (χ2v) is 3.96. The van der Waals surface area contributed by atoms with Gasteiger partial charge >= 0.3 is 12.0 Å². The van der Waals surface area contributed by atoms with Crippen LogP contribution < -0.4 is 5.32 Å². The molecule has 0 fully saturated rings. The van der Waals surface area contributed by atoms with Crippen LogP contribution in [0.1, 0.15) is 18.9 Å². The predicted octanol–water partition coefficient (Wildman–Crippen LogP) is 1.09. The van der Waals surface area contributed by atoms with Crippen LogP contribution in [0.5, 0.6) is 0 Å². The lowest BCUT2D eigenvalue weighted by Crippen LogP contribution is -2.46. The quantitative estimate of drug-likeness (QED) is 0.820. The third kappa shape index (κ3) is 4.04. The molecule has 6 nitrogen and oxygen atoms in total. The van der Waals surface area contributed by atoms with E-state index in [0.717, 1.165) is 5.56 Å². The van der Waals surface area contributed by atoms with Gasteiger partial charge in [-0.15, -0.1) is 0 Å². The highest BCUT2D eigenvalue weighted by molar-refractivity contribution is 5.82. The molecule has 1 rings (SSSR count).